The predicted octanol–water partition coefficient (Wildman–Crippen LogP) is -0.489. The quantitative estimate of drug-likeness (QED) is 0.482. The monoisotopic (exact) mass is 188 g/mol. The highest BCUT2D eigenvalue weighted by Crippen LogP contribution is 1.98. The van der Waals surface area contributed by atoms with Crippen molar-refractivity contribution in [2.75, 3.05) is 13.1 Å². The van der Waals surface area contributed by atoms with Gasteiger partial charge in [0.25, 0.3) is 0 Å². The first-order valence-electron chi connectivity index (χ1n) is 2.95. The van der Waals surface area contributed by atoms with Crippen molar-refractivity contribution >= 4 is 24.8 Å². The molecule has 1 rings (SSSR count). The maximum absolute atomic E-state index is 8.99. The van der Waals surface area contributed by atoms with Crippen molar-refractivity contribution in [1.29, 1.82) is 0 Å². The zero-order chi connectivity index (χ0) is 5.98. The minimum absolute atomic E-state index is 0. The van der Waals surface area contributed by atoms with Crippen molar-refractivity contribution in [3.05, 3.63) is 0 Å². The van der Waals surface area contributed by atoms with Crippen LogP contribution < -0.4 is 11.1 Å². The molecular weight excluding hydrogens is 175 g/mol. The van der Waals surface area contributed by atoms with E-state index in [1.165, 1.54) is 0 Å². The zero-order valence-corrected chi connectivity index (χ0v) is 7.25. The van der Waals surface area contributed by atoms with Gasteiger partial charge >= 0.3 is 0 Å². The average molecular weight is 189 g/mol. The van der Waals surface area contributed by atoms with Gasteiger partial charge in [-0.1, -0.05) is 0 Å². The van der Waals surface area contributed by atoms with Crippen molar-refractivity contribution in [1.82, 2.24) is 5.32 Å². The lowest BCUT2D eigenvalue weighted by molar-refractivity contribution is 0.120. The molecule has 0 bridgehead atoms. The van der Waals surface area contributed by atoms with E-state index in [0.29, 0.717) is 6.54 Å². The number of rotatable bonds is 0. The summed E-state index contributed by atoms with van der Waals surface area (Å²) in [5.74, 6) is 0. The standard InChI is InChI=1S/C5H12N2O.2ClH/c6-4-1-2-7-3-5(4)8;;/h4-5,7-8H,1-3,6H2;2*1H/t4-,5+;;/m0../s1. The van der Waals surface area contributed by atoms with Crippen molar-refractivity contribution < 1.29 is 5.11 Å². The zero-order valence-electron chi connectivity index (χ0n) is 5.62. The molecule has 4 N–H and O–H groups in total. The van der Waals surface area contributed by atoms with Gasteiger partial charge in [-0.25, -0.2) is 0 Å². The van der Waals surface area contributed by atoms with E-state index in [2.05, 4.69) is 5.32 Å². The number of halogens is 2. The van der Waals surface area contributed by atoms with E-state index < -0.39 is 0 Å². The molecule has 10 heavy (non-hydrogen) atoms. The smallest absolute Gasteiger partial charge is 0.0815 e. The minimum atomic E-state index is -0.330. The van der Waals surface area contributed by atoms with Crippen LogP contribution in [0.3, 0.4) is 0 Å². The van der Waals surface area contributed by atoms with Gasteiger partial charge in [-0.2, -0.15) is 0 Å². The first kappa shape index (κ1) is 13.1. The minimum Gasteiger partial charge on any atom is -0.390 e. The fourth-order valence-electron chi connectivity index (χ4n) is 0.862. The first-order chi connectivity index (χ1) is 3.80. The van der Waals surface area contributed by atoms with Crippen LogP contribution in [0.1, 0.15) is 6.42 Å². The van der Waals surface area contributed by atoms with Crippen LogP contribution in [0.15, 0.2) is 0 Å². The topological polar surface area (TPSA) is 58.3 Å². The Kier molecular flexibility index (Phi) is 8.09. The normalized spacial score (nSPS) is 31.8. The van der Waals surface area contributed by atoms with Crippen LogP contribution in [0.25, 0.3) is 0 Å². The van der Waals surface area contributed by atoms with E-state index in [4.69, 9.17) is 10.8 Å². The highest BCUT2D eigenvalue weighted by atomic mass is 35.5. The summed E-state index contributed by atoms with van der Waals surface area (Å²) in [5.41, 5.74) is 5.49. The Hall–Kier alpha value is 0.460. The van der Waals surface area contributed by atoms with E-state index in [1.54, 1.807) is 0 Å². The highest BCUT2D eigenvalue weighted by Gasteiger charge is 2.17. The third-order valence-electron chi connectivity index (χ3n) is 1.50. The van der Waals surface area contributed by atoms with Crippen molar-refractivity contribution in [3.63, 3.8) is 0 Å². The maximum Gasteiger partial charge on any atom is 0.0815 e. The number of nitrogens with two attached hydrogens (primary N) is 1. The number of aliphatic hydroxyl groups is 1. The van der Waals surface area contributed by atoms with Gasteiger partial charge in [0.1, 0.15) is 0 Å². The lowest BCUT2D eigenvalue weighted by Crippen LogP contribution is -2.48. The fourth-order valence-corrected chi connectivity index (χ4v) is 0.862. The van der Waals surface area contributed by atoms with Crippen LogP contribution >= 0.6 is 24.8 Å². The summed E-state index contributed by atoms with van der Waals surface area (Å²) in [6.45, 7) is 1.60. The van der Waals surface area contributed by atoms with Crippen LogP contribution in [0.2, 0.25) is 0 Å². The SMILES string of the molecule is Cl.Cl.N[C@H]1CCNC[C@H]1O. The second-order valence-electron chi connectivity index (χ2n) is 2.22. The lowest BCUT2D eigenvalue weighted by atomic mass is 10.1. The summed E-state index contributed by atoms with van der Waals surface area (Å²) in [5, 5.41) is 12.0. The number of hydrogen-bond acceptors (Lipinski definition) is 3. The third-order valence-corrected chi connectivity index (χ3v) is 1.50. The number of nitrogens with one attached hydrogen (secondary N) is 1. The molecule has 0 radical (unpaired) electrons. The van der Waals surface area contributed by atoms with E-state index >= 15 is 0 Å². The number of piperidine rings is 1. The molecule has 0 amide bonds. The molecule has 0 unspecified atom stereocenters. The van der Waals surface area contributed by atoms with Crippen LogP contribution in [-0.2, 0) is 0 Å². The lowest BCUT2D eigenvalue weighted by Gasteiger charge is -2.24. The van der Waals surface area contributed by atoms with Crippen LogP contribution in [0.5, 0.6) is 0 Å². The Bertz CT molecular complexity index is 74.0. The van der Waals surface area contributed by atoms with Gasteiger partial charge in [0.05, 0.1) is 6.10 Å². The number of hydrogen-bond donors (Lipinski definition) is 3. The van der Waals surface area contributed by atoms with Crippen LogP contribution in [-0.4, -0.2) is 30.3 Å². The third kappa shape index (κ3) is 3.58. The molecule has 1 heterocycles. The van der Waals surface area contributed by atoms with E-state index in [9.17, 15) is 0 Å². The second-order valence-corrected chi connectivity index (χ2v) is 2.22. The molecule has 2 atom stereocenters. The summed E-state index contributed by atoms with van der Waals surface area (Å²) in [4.78, 5) is 0. The number of β-amino-alcohol motifs (C(OH)–C–C–N with tert-alkyl or cyclic N) is 1. The van der Waals surface area contributed by atoms with E-state index in [0.717, 1.165) is 13.0 Å². The molecule has 5 heteroatoms. The molecule has 0 aliphatic carbocycles. The van der Waals surface area contributed by atoms with Gasteiger partial charge in [-0.05, 0) is 13.0 Å². The average Bonchev–Trinajstić information content (AvgIpc) is 1.77. The predicted molar refractivity (Wildman–Crippen MR) is 46.0 cm³/mol. The first-order valence-corrected chi connectivity index (χ1v) is 2.95. The van der Waals surface area contributed by atoms with Gasteiger partial charge in [0.15, 0.2) is 0 Å². The Labute approximate surface area is 73.2 Å². The summed E-state index contributed by atoms with van der Waals surface area (Å²) in [7, 11) is 0. The van der Waals surface area contributed by atoms with Gasteiger partial charge in [-0.3, -0.25) is 0 Å². The van der Waals surface area contributed by atoms with Gasteiger partial charge in [0.2, 0.25) is 0 Å². The molecule has 0 aromatic heterocycles. The van der Waals surface area contributed by atoms with E-state index in [-0.39, 0.29) is 37.0 Å². The molecule has 1 saturated heterocycles. The van der Waals surface area contributed by atoms with Gasteiger partial charge < -0.3 is 16.2 Å². The summed E-state index contributed by atoms with van der Waals surface area (Å²) < 4.78 is 0. The Morgan fingerprint density at radius 3 is 2.30 bits per heavy atom. The summed E-state index contributed by atoms with van der Waals surface area (Å²) in [6, 6.07) is -0.00347. The van der Waals surface area contributed by atoms with Crippen LogP contribution in [0.4, 0.5) is 0 Å². The van der Waals surface area contributed by atoms with Gasteiger partial charge in [-0.15, -0.1) is 24.8 Å². The highest BCUT2D eigenvalue weighted by molar-refractivity contribution is 5.85. The summed E-state index contributed by atoms with van der Waals surface area (Å²) >= 11 is 0. The van der Waals surface area contributed by atoms with Crippen molar-refractivity contribution in [3.8, 4) is 0 Å². The van der Waals surface area contributed by atoms with Crippen molar-refractivity contribution in [2.24, 2.45) is 5.73 Å². The number of aliphatic hydroxyl groups excluding tert-OH is 1. The summed E-state index contributed by atoms with van der Waals surface area (Å²) in [6.07, 6.45) is 0.560. The van der Waals surface area contributed by atoms with Crippen molar-refractivity contribution in [2.45, 2.75) is 18.6 Å². The fraction of sp³-hybridized carbons (Fsp3) is 1.00. The Morgan fingerprint density at radius 1 is 1.40 bits per heavy atom. The van der Waals surface area contributed by atoms with E-state index in [1.807, 2.05) is 0 Å². The Balaban J connectivity index is 0. The Morgan fingerprint density at radius 2 is 2.00 bits per heavy atom. The molecule has 3 nitrogen and oxygen atoms in total. The molecule has 1 fully saturated rings. The molecule has 0 aromatic carbocycles. The van der Waals surface area contributed by atoms with Crippen LogP contribution in [0, 0.1) is 0 Å². The molecular formula is C5H14Cl2N2O. The molecule has 0 saturated carbocycles. The molecule has 1 aliphatic rings. The maximum atomic E-state index is 8.99. The molecule has 1 aliphatic heterocycles. The molecule has 64 valence electrons. The second kappa shape index (κ2) is 6.19. The van der Waals surface area contributed by atoms with Gasteiger partial charge in [0, 0.05) is 12.6 Å². The molecule has 0 aromatic rings. The molecule has 0 spiro atoms. The largest absolute Gasteiger partial charge is 0.390 e.